The van der Waals surface area contributed by atoms with Crippen LogP contribution in [-0.4, -0.2) is 41.9 Å². The second-order valence-corrected chi connectivity index (χ2v) is 4.59. The van der Waals surface area contributed by atoms with E-state index in [1.165, 1.54) is 0 Å². The standard InChI is InChI=1S/C13H18N4O/c1-17-12-5-3-2-4-11(12)16-13(17)15-8-10-9-18-7-6-14-10/h2-5,10,14H,6-9H2,1H3,(H,15,16). The van der Waals surface area contributed by atoms with Gasteiger partial charge in [-0.05, 0) is 12.1 Å². The number of benzene rings is 1. The van der Waals surface area contributed by atoms with Crippen molar-refractivity contribution in [1.82, 2.24) is 14.9 Å². The fourth-order valence-electron chi connectivity index (χ4n) is 2.27. The van der Waals surface area contributed by atoms with E-state index in [9.17, 15) is 0 Å². The van der Waals surface area contributed by atoms with E-state index in [0.29, 0.717) is 6.04 Å². The van der Waals surface area contributed by atoms with Crippen molar-refractivity contribution < 1.29 is 4.74 Å². The van der Waals surface area contributed by atoms with Crippen LogP contribution >= 0.6 is 0 Å². The Morgan fingerprint density at radius 1 is 1.50 bits per heavy atom. The summed E-state index contributed by atoms with van der Waals surface area (Å²) >= 11 is 0. The number of ether oxygens (including phenoxy) is 1. The Hall–Kier alpha value is -1.59. The van der Waals surface area contributed by atoms with E-state index >= 15 is 0 Å². The van der Waals surface area contributed by atoms with Crippen LogP contribution in [0.2, 0.25) is 0 Å². The van der Waals surface area contributed by atoms with E-state index in [0.717, 1.165) is 43.3 Å². The Labute approximate surface area is 106 Å². The first-order chi connectivity index (χ1) is 8.84. The lowest BCUT2D eigenvalue weighted by molar-refractivity contribution is 0.0806. The molecule has 0 bridgehead atoms. The van der Waals surface area contributed by atoms with Crippen molar-refractivity contribution in [2.75, 3.05) is 31.6 Å². The molecule has 1 aromatic heterocycles. The zero-order chi connectivity index (χ0) is 12.4. The predicted molar refractivity (Wildman–Crippen MR) is 71.8 cm³/mol. The number of rotatable bonds is 3. The first-order valence-electron chi connectivity index (χ1n) is 6.31. The minimum atomic E-state index is 0.360. The molecule has 96 valence electrons. The number of hydrogen-bond acceptors (Lipinski definition) is 4. The molecule has 1 aromatic carbocycles. The molecule has 0 saturated carbocycles. The summed E-state index contributed by atoms with van der Waals surface area (Å²) in [6, 6.07) is 8.51. The molecule has 2 N–H and O–H groups in total. The summed E-state index contributed by atoms with van der Waals surface area (Å²) in [5, 5.41) is 6.80. The molecule has 1 aliphatic rings. The van der Waals surface area contributed by atoms with Gasteiger partial charge in [0.25, 0.3) is 0 Å². The van der Waals surface area contributed by atoms with Crippen molar-refractivity contribution >= 4 is 17.0 Å². The molecule has 18 heavy (non-hydrogen) atoms. The molecule has 1 unspecified atom stereocenters. The number of nitrogens with zero attached hydrogens (tertiary/aromatic N) is 2. The van der Waals surface area contributed by atoms with Crippen molar-refractivity contribution in [3.63, 3.8) is 0 Å². The Bertz CT molecular complexity index is 531. The van der Waals surface area contributed by atoms with Gasteiger partial charge in [0.2, 0.25) is 5.95 Å². The first-order valence-corrected chi connectivity index (χ1v) is 6.31. The molecule has 0 radical (unpaired) electrons. The second-order valence-electron chi connectivity index (χ2n) is 4.59. The molecule has 1 fully saturated rings. The number of anilines is 1. The molecule has 5 heteroatoms. The summed E-state index contributed by atoms with van der Waals surface area (Å²) in [5.74, 6) is 0.906. The number of hydrogen-bond donors (Lipinski definition) is 2. The average Bonchev–Trinajstić information content (AvgIpc) is 2.75. The van der Waals surface area contributed by atoms with Crippen molar-refractivity contribution in [3.05, 3.63) is 24.3 Å². The van der Waals surface area contributed by atoms with Gasteiger partial charge in [-0.15, -0.1) is 0 Å². The number of fused-ring (bicyclic) bond motifs is 1. The molecule has 3 rings (SSSR count). The van der Waals surface area contributed by atoms with Crippen LogP contribution in [0.4, 0.5) is 5.95 Å². The van der Waals surface area contributed by atoms with E-state index in [1.54, 1.807) is 0 Å². The number of aromatic nitrogens is 2. The summed E-state index contributed by atoms with van der Waals surface area (Å²) in [6.07, 6.45) is 0. The molecular formula is C13H18N4O. The van der Waals surface area contributed by atoms with E-state index in [2.05, 4.69) is 26.3 Å². The van der Waals surface area contributed by atoms with Gasteiger partial charge in [0, 0.05) is 26.2 Å². The SMILES string of the molecule is Cn1c(NCC2COCCN2)nc2ccccc21. The van der Waals surface area contributed by atoms with Gasteiger partial charge in [0.05, 0.1) is 24.2 Å². The van der Waals surface area contributed by atoms with Crippen LogP contribution < -0.4 is 10.6 Å². The molecule has 1 aliphatic heterocycles. The Morgan fingerprint density at radius 3 is 3.17 bits per heavy atom. The van der Waals surface area contributed by atoms with E-state index in [1.807, 2.05) is 25.2 Å². The monoisotopic (exact) mass is 246 g/mol. The van der Waals surface area contributed by atoms with Crippen molar-refractivity contribution in [2.45, 2.75) is 6.04 Å². The topological polar surface area (TPSA) is 51.1 Å². The van der Waals surface area contributed by atoms with E-state index in [4.69, 9.17) is 4.74 Å². The van der Waals surface area contributed by atoms with E-state index < -0.39 is 0 Å². The number of para-hydroxylation sites is 2. The van der Waals surface area contributed by atoms with Crippen molar-refractivity contribution in [2.24, 2.45) is 7.05 Å². The van der Waals surface area contributed by atoms with Gasteiger partial charge in [-0.2, -0.15) is 0 Å². The van der Waals surface area contributed by atoms with Crippen LogP contribution in [0.3, 0.4) is 0 Å². The summed E-state index contributed by atoms with van der Waals surface area (Å²) in [7, 11) is 2.03. The van der Waals surface area contributed by atoms with Crippen LogP contribution in [0, 0.1) is 0 Å². The Balaban J connectivity index is 1.72. The molecule has 2 heterocycles. The minimum absolute atomic E-state index is 0.360. The van der Waals surface area contributed by atoms with Crippen LogP contribution in [-0.2, 0) is 11.8 Å². The Morgan fingerprint density at radius 2 is 2.39 bits per heavy atom. The van der Waals surface area contributed by atoms with Crippen LogP contribution in [0.25, 0.3) is 11.0 Å². The van der Waals surface area contributed by atoms with Crippen molar-refractivity contribution in [3.8, 4) is 0 Å². The molecule has 1 atom stereocenters. The first kappa shape index (κ1) is 11.5. The quantitative estimate of drug-likeness (QED) is 0.847. The fraction of sp³-hybridized carbons (Fsp3) is 0.462. The molecule has 5 nitrogen and oxygen atoms in total. The predicted octanol–water partition coefficient (Wildman–Crippen LogP) is 0.974. The van der Waals surface area contributed by atoms with Crippen LogP contribution in [0.5, 0.6) is 0 Å². The molecule has 0 spiro atoms. The van der Waals surface area contributed by atoms with Gasteiger partial charge < -0.3 is 19.9 Å². The lowest BCUT2D eigenvalue weighted by atomic mass is 10.3. The molecular weight excluding hydrogens is 228 g/mol. The van der Waals surface area contributed by atoms with Gasteiger partial charge in [-0.3, -0.25) is 0 Å². The van der Waals surface area contributed by atoms with Crippen molar-refractivity contribution in [1.29, 1.82) is 0 Å². The number of nitrogens with one attached hydrogen (secondary N) is 2. The highest BCUT2D eigenvalue weighted by molar-refractivity contribution is 5.78. The zero-order valence-corrected chi connectivity index (χ0v) is 10.5. The van der Waals surface area contributed by atoms with Gasteiger partial charge in [-0.1, -0.05) is 12.1 Å². The molecule has 0 aliphatic carbocycles. The third kappa shape index (κ3) is 2.19. The Kier molecular flexibility index (Phi) is 3.17. The van der Waals surface area contributed by atoms with Gasteiger partial charge in [0.1, 0.15) is 0 Å². The second kappa shape index (κ2) is 4.96. The maximum Gasteiger partial charge on any atom is 0.203 e. The molecule has 1 saturated heterocycles. The average molecular weight is 246 g/mol. The highest BCUT2D eigenvalue weighted by Gasteiger charge is 2.14. The van der Waals surface area contributed by atoms with Gasteiger partial charge in [0.15, 0.2) is 0 Å². The fourth-order valence-corrected chi connectivity index (χ4v) is 2.27. The van der Waals surface area contributed by atoms with Crippen LogP contribution in [0.15, 0.2) is 24.3 Å². The maximum atomic E-state index is 5.43. The lowest BCUT2D eigenvalue weighted by Gasteiger charge is -2.24. The zero-order valence-electron chi connectivity index (χ0n) is 10.5. The number of imidazole rings is 1. The molecule has 2 aromatic rings. The number of aryl methyl sites for hydroxylation is 1. The third-order valence-corrected chi connectivity index (χ3v) is 3.29. The highest BCUT2D eigenvalue weighted by Crippen LogP contribution is 2.17. The van der Waals surface area contributed by atoms with E-state index in [-0.39, 0.29) is 0 Å². The molecule has 0 amide bonds. The van der Waals surface area contributed by atoms with Gasteiger partial charge in [-0.25, -0.2) is 4.98 Å². The third-order valence-electron chi connectivity index (χ3n) is 3.29. The summed E-state index contributed by atoms with van der Waals surface area (Å²) in [6.45, 7) is 3.33. The lowest BCUT2D eigenvalue weighted by Crippen LogP contribution is -2.45. The summed E-state index contributed by atoms with van der Waals surface area (Å²) < 4.78 is 7.51. The largest absolute Gasteiger partial charge is 0.378 e. The normalized spacial score (nSPS) is 20.2. The summed E-state index contributed by atoms with van der Waals surface area (Å²) in [4.78, 5) is 4.58. The number of morpholine rings is 1. The maximum absolute atomic E-state index is 5.43. The highest BCUT2D eigenvalue weighted by atomic mass is 16.5. The summed E-state index contributed by atoms with van der Waals surface area (Å²) in [5.41, 5.74) is 2.17. The van der Waals surface area contributed by atoms with Gasteiger partial charge >= 0.3 is 0 Å². The van der Waals surface area contributed by atoms with Crippen LogP contribution in [0.1, 0.15) is 0 Å². The smallest absolute Gasteiger partial charge is 0.203 e. The minimum Gasteiger partial charge on any atom is -0.378 e.